The fraction of sp³-hybridized carbons (Fsp3) is 0.389. The number of amides is 1. The summed E-state index contributed by atoms with van der Waals surface area (Å²) in [7, 11) is 1.86. The van der Waals surface area contributed by atoms with Gasteiger partial charge in [-0.15, -0.1) is 0 Å². The Labute approximate surface area is 145 Å². The number of likely N-dealkylation sites (N-methyl/N-ethyl adjacent to an activating group) is 1. The SMILES string of the molecule is CNC1CCCN(C(=O)c2nn(-c3ccccc3F)c(C)cc2=O)C1. The lowest BCUT2D eigenvalue weighted by atomic mass is 10.1. The lowest BCUT2D eigenvalue weighted by molar-refractivity contribution is 0.0688. The van der Waals surface area contributed by atoms with Gasteiger partial charge in [0.05, 0.1) is 0 Å². The van der Waals surface area contributed by atoms with Gasteiger partial charge in [0.15, 0.2) is 5.69 Å². The lowest BCUT2D eigenvalue weighted by Gasteiger charge is -2.32. The Kier molecular flexibility index (Phi) is 4.94. The summed E-state index contributed by atoms with van der Waals surface area (Å²) in [5.74, 6) is -0.872. The molecule has 1 aromatic heterocycles. The van der Waals surface area contributed by atoms with Crippen molar-refractivity contribution in [2.45, 2.75) is 25.8 Å². The number of aromatic nitrogens is 2. The smallest absolute Gasteiger partial charge is 0.278 e. The highest BCUT2D eigenvalue weighted by atomic mass is 19.1. The van der Waals surface area contributed by atoms with E-state index in [1.54, 1.807) is 30.0 Å². The van der Waals surface area contributed by atoms with Crippen molar-refractivity contribution in [2.24, 2.45) is 0 Å². The molecule has 1 aromatic carbocycles. The van der Waals surface area contributed by atoms with Crippen molar-refractivity contribution in [3.63, 3.8) is 0 Å². The Balaban J connectivity index is 2.00. The van der Waals surface area contributed by atoms with Crippen molar-refractivity contribution < 1.29 is 9.18 Å². The van der Waals surface area contributed by atoms with Gasteiger partial charge in [0.2, 0.25) is 5.43 Å². The molecule has 0 radical (unpaired) electrons. The molecular weight excluding hydrogens is 323 g/mol. The largest absolute Gasteiger partial charge is 0.336 e. The summed E-state index contributed by atoms with van der Waals surface area (Å²) in [5, 5.41) is 7.34. The quantitative estimate of drug-likeness (QED) is 0.916. The van der Waals surface area contributed by atoms with Crippen LogP contribution >= 0.6 is 0 Å². The van der Waals surface area contributed by atoms with E-state index < -0.39 is 17.2 Å². The topological polar surface area (TPSA) is 67.2 Å². The van der Waals surface area contributed by atoms with Crippen LogP contribution in [0.2, 0.25) is 0 Å². The van der Waals surface area contributed by atoms with Crippen molar-refractivity contribution in [1.82, 2.24) is 20.0 Å². The van der Waals surface area contributed by atoms with Gasteiger partial charge in [-0.1, -0.05) is 12.1 Å². The number of carbonyl (C=O) groups excluding carboxylic acids is 1. The first kappa shape index (κ1) is 17.3. The molecule has 0 aliphatic carbocycles. The third-order valence-corrected chi connectivity index (χ3v) is 4.51. The Hall–Kier alpha value is -2.54. The highest BCUT2D eigenvalue weighted by molar-refractivity contribution is 5.92. The molecule has 0 saturated carbocycles. The molecular formula is C18H21FN4O2. The van der Waals surface area contributed by atoms with Gasteiger partial charge in [0.25, 0.3) is 5.91 Å². The van der Waals surface area contributed by atoms with Crippen molar-refractivity contribution in [3.05, 3.63) is 57.8 Å². The first-order chi connectivity index (χ1) is 12.0. The number of carbonyl (C=O) groups is 1. The molecule has 6 nitrogen and oxygen atoms in total. The lowest BCUT2D eigenvalue weighted by Crippen LogP contribution is -2.48. The Bertz CT molecular complexity index is 849. The van der Waals surface area contributed by atoms with Crippen LogP contribution in [0.5, 0.6) is 0 Å². The maximum Gasteiger partial charge on any atom is 0.278 e. The zero-order valence-electron chi connectivity index (χ0n) is 14.3. The predicted octanol–water partition coefficient (Wildman–Crippen LogP) is 1.50. The molecule has 2 aromatic rings. The van der Waals surface area contributed by atoms with Gasteiger partial charge in [-0.3, -0.25) is 9.59 Å². The fourth-order valence-corrected chi connectivity index (χ4v) is 3.11. The third-order valence-electron chi connectivity index (χ3n) is 4.51. The third kappa shape index (κ3) is 3.46. The van der Waals surface area contributed by atoms with E-state index in [9.17, 15) is 14.0 Å². The summed E-state index contributed by atoms with van der Waals surface area (Å²) in [6.07, 6.45) is 1.85. The average Bonchev–Trinajstić information content (AvgIpc) is 2.62. The fourth-order valence-electron chi connectivity index (χ4n) is 3.11. The van der Waals surface area contributed by atoms with Crippen LogP contribution in [0.1, 0.15) is 29.0 Å². The van der Waals surface area contributed by atoms with Crippen molar-refractivity contribution in [3.8, 4) is 5.69 Å². The molecule has 1 atom stereocenters. The number of nitrogens with zero attached hydrogens (tertiary/aromatic N) is 3. The molecule has 1 amide bonds. The van der Waals surface area contributed by atoms with Gasteiger partial charge in [-0.2, -0.15) is 5.10 Å². The van der Waals surface area contributed by atoms with E-state index in [1.165, 1.54) is 16.8 Å². The van der Waals surface area contributed by atoms with Crippen LogP contribution in [-0.2, 0) is 0 Å². The number of hydrogen-bond donors (Lipinski definition) is 1. The van der Waals surface area contributed by atoms with E-state index in [4.69, 9.17) is 0 Å². The first-order valence-corrected chi connectivity index (χ1v) is 8.33. The summed E-state index contributed by atoms with van der Waals surface area (Å²) in [6.45, 7) is 2.78. The molecule has 0 bridgehead atoms. The van der Waals surface area contributed by atoms with Gasteiger partial charge >= 0.3 is 0 Å². The minimum absolute atomic E-state index is 0.175. The highest BCUT2D eigenvalue weighted by Crippen LogP contribution is 2.15. The maximum atomic E-state index is 14.1. The van der Waals surface area contributed by atoms with Crippen LogP contribution in [0.15, 0.2) is 35.1 Å². The number of halogens is 1. The molecule has 2 heterocycles. The second-order valence-corrected chi connectivity index (χ2v) is 6.24. The molecule has 132 valence electrons. The van der Waals surface area contributed by atoms with Crippen LogP contribution in [-0.4, -0.2) is 46.8 Å². The number of para-hydroxylation sites is 1. The average molecular weight is 344 g/mol. The molecule has 0 spiro atoms. The van der Waals surface area contributed by atoms with E-state index in [1.807, 2.05) is 7.05 Å². The van der Waals surface area contributed by atoms with Gasteiger partial charge < -0.3 is 10.2 Å². The second kappa shape index (κ2) is 7.14. The van der Waals surface area contributed by atoms with Crippen LogP contribution in [0.4, 0.5) is 4.39 Å². The number of hydrogen-bond acceptors (Lipinski definition) is 4. The van der Waals surface area contributed by atoms with Crippen molar-refractivity contribution in [2.75, 3.05) is 20.1 Å². The summed E-state index contributed by atoms with van der Waals surface area (Å²) in [5.41, 5.74) is 0.0615. The molecule has 1 N–H and O–H groups in total. The molecule has 1 unspecified atom stereocenters. The van der Waals surface area contributed by atoms with E-state index in [2.05, 4.69) is 10.4 Å². The van der Waals surface area contributed by atoms with Crippen LogP contribution in [0.25, 0.3) is 5.69 Å². The molecule has 25 heavy (non-hydrogen) atoms. The molecule has 1 fully saturated rings. The molecule has 1 aliphatic heterocycles. The number of likely N-dealkylation sites (tertiary alicyclic amines) is 1. The number of benzene rings is 1. The number of aryl methyl sites for hydroxylation is 1. The molecule has 7 heteroatoms. The van der Waals surface area contributed by atoms with Gasteiger partial charge in [0.1, 0.15) is 11.5 Å². The van der Waals surface area contributed by atoms with Gasteiger partial charge in [-0.25, -0.2) is 9.07 Å². The normalized spacial score (nSPS) is 17.6. The van der Waals surface area contributed by atoms with Crippen LogP contribution in [0, 0.1) is 12.7 Å². The first-order valence-electron chi connectivity index (χ1n) is 8.33. The summed E-state index contributed by atoms with van der Waals surface area (Å²) >= 11 is 0. The number of rotatable bonds is 3. The van der Waals surface area contributed by atoms with Gasteiger partial charge in [0, 0.05) is 30.9 Å². The van der Waals surface area contributed by atoms with E-state index in [0.717, 1.165) is 12.8 Å². The minimum Gasteiger partial charge on any atom is -0.336 e. The van der Waals surface area contributed by atoms with E-state index >= 15 is 0 Å². The molecule has 1 saturated heterocycles. The second-order valence-electron chi connectivity index (χ2n) is 6.24. The number of nitrogens with one attached hydrogen (secondary N) is 1. The van der Waals surface area contributed by atoms with Crippen molar-refractivity contribution in [1.29, 1.82) is 0 Å². The summed E-state index contributed by atoms with van der Waals surface area (Å²) in [6, 6.07) is 7.67. The van der Waals surface area contributed by atoms with Crippen LogP contribution in [0.3, 0.4) is 0 Å². The summed E-state index contributed by atoms with van der Waals surface area (Å²) < 4.78 is 15.4. The Morgan fingerprint density at radius 1 is 1.36 bits per heavy atom. The minimum atomic E-state index is -0.464. The summed E-state index contributed by atoms with van der Waals surface area (Å²) in [4.78, 5) is 26.7. The highest BCUT2D eigenvalue weighted by Gasteiger charge is 2.27. The monoisotopic (exact) mass is 344 g/mol. The predicted molar refractivity (Wildman–Crippen MR) is 92.5 cm³/mol. The Morgan fingerprint density at radius 2 is 2.12 bits per heavy atom. The standard InChI is InChI=1S/C18H21FN4O2/c1-12-10-16(24)17(18(25)22-9-5-6-13(11-22)20-2)21-23(12)15-8-4-3-7-14(15)19/h3-4,7-8,10,13,20H,5-6,9,11H2,1-2H3. The van der Waals surface area contributed by atoms with Crippen molar-refractivity contribution >= 4 is 5.91 Å². The van der Waals surface area contributed by atoms with Crippen LogP contribution < -0.4 is 10.7 Å². The zero-order chi connectivity index (χ0) is 18.0. The van der Waals surface area contributed by atoms with Gasteiger partial charge in [-0.05, 0) is 38.9 Å². The molecule has 3 rings (SSSR count). The molecule has 1 aliphatic rings. The zero-order valence-corrected chi connectivity index (χ0v) is 14.3. The Morgan fingerprint density at radius 3 is 2.84 bits per heavy atom. The maximum absolute atomic E-state index is 14.1. The van der Waals surface area contributed by atoms with E-state index in [-0.39, 0.29) is 17.4 Å². The number of piperidine rings is 1. The van der Waals surface area contributed by atoms with E-state index in [0.29, 0.717) is 18.8 Å².